The van der Waals surface area contributed by atoms with Crippen molar-refractivity contribution in [2.24, 2.45) is 5.14 Å². The Labute approximate surface area is 158 Å². The van der Waals surface area contributed by atoms with Gasteiger partial charge in [0.15, 0.2) is 5.82 Å². The van der Waals surface area contributed by atoms with Crippen LogP contribution in [-0.2, 0) is 23.0 Å². The van der Waals surface area contributed by atoms with Gasteiger partial charge in [-0.2, -0.15) is 4.98 Å². The smallest absolute Gasteiger partial charge is 0.240 e. The van der Waals surface area contributed by atoms with Gasteiger partial charge in [-0.05, 0) is 37.2 Å². The van der Waals surface area contributed by atoms with Crippen LogP contribution in [0.25, 0.3) is 0 Å². The maximum atomic E-state index is 11.4. The molecule has 1 aromatic heterocycles. The molecule has 3 rings (SSSR count). The van der Waals surface area contributed by atoms with Crippen molar-refractivity contribution in [2.45, 2.75) is 30.8 Å². The van der Waals surface area contributed by atoms with Gasteiger partial charge in [-0.1, -0.05) is 47.6 Å². The second-order valence-corrected chi connectivity index (χ2v) is 8.03. The highest BCUT2D eigenvalue weighted by Crippen LogP contribution is 2.22. The van der Waals surface area contributed by atoms with Crippen LogP contribution in [0.2, 0.25) is 0 Å². The van der Waals surface area contributed by atoms with Crippen LogP contribution < -0.4 is 5.14 Å². The van der Waals surface area contributed by atoms with E-state index in [2.05, 4.69) is 10.1 Å². The summed E-state index contributed by atoms with van der Waals surface area (Å²) < 4.78 is 28.1. The van der Waals surface area contributed by atoms with E-state index in [9.17, 15) is 8.42 Å². The van der Waals surface area contributed by atoms with Gasteiger partial charge >= 0.3 is 0 Å². The Balaban J connectivity index is 1.64. The number of aromatic nitrogens is 2. The van der Waals surface area contributed by atoms with Crippen LogP contribution in [0.3, 0.4) is 0 Å². The van der Waals surface area contributed by atoms with Crippen molar-refractivity contribution in [1.82, 2.24) is 15.0 Å². The van der Waals surface area contributed by atoms with E-state index in [1.165, 1.54) is 12.1 Å². The molecule has 3 aromatic rings. The molecule has 0 aliphatic carbocycles. The van der Waals surface area contributed by atoms with Crippen molar-refractivity contribution >= 4 is 10.0 Å². The normalized spacial score (nSPS) is 13.0. The highest BCUT2D eigenvalue weighted by Gasteiger charge is 2.17. The lowest BCUT2D eigenvalue weighted by Gasteiger charge is -2.23. The first-order valence-corrected chi connectivity index (χ1v) is 10.1. The molecule has 0 aliphatic rings. The Kier molecular flexibility index (Phi) is 5.69. The molecular formula is C19H22N4O3S. The molecule has 142 valence electrons. The lowest BCUT2D eigenvalue weighted by atomic mass is 10.1. The van der Waals surface area contributed by atoms with Crippen LogP contribution in [0.5, 0.6) is 0 Å². The molecule has 0 saturated heterocycles. The zero-order valence-corrected chi connectivity index (χ0v) is 16.1. The Morgan fingerprint density at radius 2 is 1.78 bits per heavy atom. The van der Waals surface area contributed by atoms with Crippen molar-refractivity contribution in [1.29, 1.82) is 0 Å². The Morgan fingerprint density at radius 1 is 1.11 bits per heavy atom. The molecule has 1 heterocycles. The first-order chi connectivity index (χ1) is 12.8. The van der Waals surface area contributed by atoms with Crippen LogP contribution in [0.1, 0.15) is 35.8 Å². The van der Waals surface area contributed by atoms with Gasteiger partial charge in [0.2, 0.25) is 15.9 Å². The van der Waals surface area contributed by atoms with E-state index in [4.69, 9.17) is 9.66 Å². The van der Waals surface area contributed by atoms with E-state index in [0.29, 0.717) is 24.7 Å². The summed E-state index contributed by atoms with van der Waals surface area (Å²) in [5.74, 6) is 1.19. The predicted molar refractivity (Wildman–Crippen MR) is 101 cm³/mol. The number of hydrogen-bond acceptors (Lipinski definition) is 6. The highest BCUT2D eigenvalue weighted by atomic mass is 32.2. The van der Waals surface area contributed by atoms with Gasteiger partial charge in [0.05, 0.1) is 11.4 Å². The van der Waals surface area contributed by atoms with Crippen LogP contribution in [0.15, 0.2) is 64.0 Å². The van der Waals surface area contributed by atoms with Crippen molar-refractivity contribution in [3.8, 4) is 0 Å². The maximum absolute atomic E-state index is 11.4. The summed E-state index contributed by atoms with van der Waals surface area (Å²) in [6.45, 7) is 2.51. The summed E-state index contributed by atoms with van der Waals surface area (Å²) in [5, 5.41) is 9.18. The Hall–Kier alpha value is -2.55. The molecule has 27 heavy (non-hydrogen) atoms. The summed E-state index contributed by atoms with van der Waals surface area (Å²) in [6.07, 6.45) is 0.624. The Bertz CT molecular complexity index is 985. The Morgan fingerprint density at radius 3 is 2.41 bits per heavy atom. The number of nitrogens with two attached hydrogens (primary N) is 1. The second-order valence-electron chi connectivity index (χ2n) is 6.47. The summed E-state index contributed by atoms with van der Waals surface area (Å²) in [6, 6.07) is 16.6. The monoisotopic (exact) mass is 386 g/mol. The molecule has 8 heteroatoms. The molecule has 1 unspecified atom stereocenters. The fourth-order valence-corrected chi connectivity index (χ4v) is 3.26. The lowest BCUT2D eigenvalue weighted by molar-refractivity contribution is 0.216. The molecule has 0 aliphatic heterocycles. The maximum Gasteiger partial charge on any atom is 0.240 e. The first kappa shape index (κ1) is 19.2. The molecule has 1 atom stereocenters. The third-order valence-corrected chi connectivity index (χ3v) is 5.38. The van der Waals surface area contributed by atoms with Crippen molar-refractivity contribution in [3.63, 3.8) is 0 Å². The van der Waals surface area contributed by atoms with E-state index in [0.717, 1.165) is 11.1 Å². The quantitative estimate of drug-likeness (QED) is 0.669. The highest BCUT2D eigenvalue weighted by molar-refractivity contribution is 7.89. The summed E-state index contributed by atoms with van der Waals surface area (Å²) in [7, 11) is -1.74. The lowest BCUT2D eigenvalue weighted by Crippen LogP contribution is -2.22. The number of nitrogens with zero attached hydrogens (tertiary/aromatic N) is 3. The minimum absolute atomic E-state index is 0.0315. The third-order valence-electron chi connectivity index (χ3n) is 4.45. The molecule has 0 bridgehead atoms. The van der Waals surface area contributed by atoms with Gasteiger partial charge in [-0.25, -0.2) is 13.6 Å². The van der Waals surface area contributed by atoms with Gasteiger partial charge in [-0.15, -0.1) is 0 Å². The molecule has 0 radical (unpaired) electrons. The number of benzene rings is 2. The van der Waals surface area contributed by atoms with Gasteiger partial charge in [-0.3, -0.25) is 4.90 Å². The van der Waals surface area contributed by atoms with Crippen LogP contribution in [-0.4, -0.2) is 30.5 Å². The van der Waals surface area contributed by atoms with E-state index < -0.39 is 10.0 Å². The van der Waals surface area contributed by atoms with Gasteiger partial charge in [0.25, 0.3) is 0 Å². The zero-order valence-electron chi connectivity index (χ0n) is 15.2. The molecule has 0 spiro atoms. The van der Waals surface area contributed by atoms with Crippen molar-refractivity contribution in [3.05, 3.63) is 77.4 Å². The minimum atomic E-state index is -3.68. The molecule has 7 nitrogen and oxygen atoms in total. The SMILES string of the molecule is CC(c1ccc(S(N)(=O)=O)cc1)N(C)Cc1nc(Cc2ccccc2)no1. The number of sulfonamides is 1. The molecule has 0 amide bonds. The average molecular weight is 386 g/mol. The summed E-state index contributed by atoms with van der Waals surface area (Å²) in [5.41, 5.74) is 2.09. The molecular weight excluding hydrogens is 364 g/mol. The second kappa shape index (κ2) is 7.99. The van der Waals surface area contributed by atoms with Crippen LogP contribution in [0.4, 0.5) is 0 Å². The van der Waals surface area contributed by atoms with Gasteiger partial charge in [0, 0.05) is 12.5 Å². The minimum Gasteiger partial charge on any atom is -0.338 e. The number of hydrogen-bond donors (Lipinski definition) is 1. The fraction of sp³-hybridized carbons (Fsp3) is 0.263. The van der Waals surface area contributed by atoms with E-state index in [1.807, 2.05) is 49.2 Å². The summed E-state index contributed by atoms with van der Waals surface area (Å²) in [4.78, 5) is 6.60. The zero-order chi connectivity index (χ0) is 19.4. The molecule has 0 saturated carbocycles. The standard InChI is InChI=1S/C19H22N4O3S/c1-14(16-8-10-17(11-9-16)27(20,24)25)23(2)13-19-21-18(22-26-19)12-15-6-4-3-5-7-15/h3-11,14H,12-13H2,1-2H3,(H2,20,24,25). The third kappa shape index (κ3) is 5.00. The molecule has 0 fully saturated rings. The average Bonchev–Trinajstić information content (AvgIpc) is 3.08. The van der Waals surface area contributed by atoms with Crippen molar-refractivity contribution < 1.29 is 12.9 Å². The van der Waals surface area contributed by atoms with Crippen LogP contribution >= 0.6 is 0 Å². The van der Waals surface area contributed by atoms with Crippen molar-refractivity contribution in [2.75, 3.05) is 7.05 Å². The molecule has 2 N–H and O–H groups in total. The van der Waals surface area contributed by atoms with E-state index in [-0.39, 0.29) is 10.9 Å². The van der Waals surface area contributed by atoms with Crippen LogP contribution in [0, 0.1) is 0 Å². The largest absolute Gasteiger partial charge is 0.338 e. The number of primary sulfonamides is 1. The predicted octanol–water partition coefficient (Wildman–Crippen LogP) is 2.50. The van der Waals surface area contributed by atoms with E-state index >= 15 is 0 Å². The van der Waals surface area contributed by atoms with Gasteiger partial charge in [0.1, 0.15) is 0 Å². The van der Waals surface area contributed by atoms with Gasteiger partial charge < -0.3 is 4.52 Å². The molecule has 2 aromatic carbocycles. The fourth-order valence-electron chi connectivity index (χ4n) is 2.75. The van der Waals surface area contributed by atoms with E-state index in [1.54, 1.807) is 12.1 Å². The summed E-state index contributed by atoms with van der Waals surface area (Å²) >= 11 is 0. The number of rotatable bonds is 7. The first-order valence-electron chi connectivity index (χ1n) is 8.51. The topological polar surface area (TPSA) is 102 Å².